The quantitative estimate of drug-likeness (QED) is 0.806. The third kappa shape index (κ3) is 2.82. The number of rotatable bonds is 1. The number of nitrogens with zero attached hydrogens (tertiary/aromatic N) is 1. The van der Waals surface area contributed by atoms with E-state index in [1.165, 1.54) is 0 Å². The van der Waals surface area contributed by atoms with E-state index in [0.29, 0.717) is 5.02 Å². The van der Waals surface area contributed by atoms with Crippen molar-refractivity contribution in [3.05, 3.63) is 29.0 Å². The van der Waals surface area contributed by atoms with E-state index in [9.17, 15) is 0 Å². The molecule has 0 aromatic carbocycles. The predicted molar refractivity (Wildman–Crippen MR) is 58.1 cm³/mol. The maximum absolute atomic E-state index is 5.73. The number of halogens is 2. The first kappa shape index (κ1) is 11.7. The van der Waals surface area contributed by atoms with E-state index in [0.717, 1.165) is 25.4 Å². The molecule has 1 aromatic heterocycles. The van der Waals surface area contributed by atoms with Gasteiger partial charge in [0.2, 0.25) is 0 Å². The van der Waals surface area contributed by atoms with Gasteiger partial charge in [-0.1, -0.05) is 11.6 Å². The number of nitrogens with one attached hydrogen (secondary N) is 1. The highest BCUT2D eigenvalue weighted by molar-refractivity contribution is 6.30. The SMILES string of the molecule is Cl.Clc1ccc(C2CNCCO2)nc1. The summed E-state index contributed by atoms with van der Waals surface area (Å²) in [5, 5.41) is 3.91. The van der Waals surface area contributed by atoms with Crippen molar-refractivity contribution in [3.63, 3.8) is 0 Å². The fourth-order valence-corrected chi connectivity index (χ4v) is 1.44. The Bertz CT molecular complexity index is 273. The maximum atomic E-state index is 5.73. The van der Waals surface area contributed by atoms with Crippen molar-refractivity contribution in [2.24, 2.45) is 0 Å². The van der Waals surface area contributed by atoms with Crippen LogP contribution in [0.5, 0.6) is 0 Å². The smallest absolute Gasteiger partial charge is 0.112 e. The van der Waals surface area contributed by atoms with E-state index < -0.39 is 0 Å². The largest absolute Gasteiger partial charge is 0.369 e. The Balaban J connectivity index is 0.000000980. The molecule has 2 rings (SSSR count). The Morgan fingerprint density at radius 1 is 1.50 bits per heavy atom. The second-order valence-corrected chi connectivity index (χ2v) is 3.40. The number of ether oxygens (including phenoxy) is 1. The second kappa shape index (κ2) is 5.51. The molecule has 5 heteroatoms. The third-order valence-corrected chi connectivity index (χ3v) is 2.23. The monoisotopic (exact) mass is 234 g/mol. The van der Waals surface area contributed by atoms with Crippen molar-refractivity contribution in [1.82, 2.24) is 10.3 Å². The molecular weight excluding hydrogens is 223 g/mol. The van der Waals surface area contributed by atoms with Crippen LogP contribution in [0.15, 0.2) is 18.3 Å². The third-order valence-electron chi connectivity index (χ3n) is 2.01. The number of hydrogen-bond donors (Lipinski definition) is 1. The molecule has 0 bridgehead atoms. The highest BCUT2D eigenvalue weighted by Crippen LogP contribution is 2.17. The number of aromatic nitrogens is 1. The standard InChI is InChI=1S/C9H11ClN2O.ClH/c10-7-1-2-8(12-5-7)9-6-11-3-4-13-9;/h1-2,5,9,11H,3-4,6H2;1H. The molecule has 1 N–H and O–H groups in total. The minimum absolute atomic E-state index is 0. The number of hydrogen-bond acceptors (Lipinski definition) is 3. The summed E-state index contributed by atoms with van der Waals surface area (Å²) in [6.45, 7) is 2.49. The van der Waals surface area contributed by atoms with Crippen LogP contribution < -0.4 is 5.32 Å². The van der Waals surface area contributed by atoms with Crippen LogP contribution >= 0.6 is 24.0 Å². The molecule has 1 aromatic rings. The van der Waals surface area contributed by atoms with Crippen molar-refractivity contribution in [2.75, 3.05) is 19.7 Å². The summed E-state index contributed by atoms with van der Waals surface area (Å²) in [4.78, 5) is 4.20. The van der Waals surface area contributed by atoms with E-state index in [1.807, 2.05) is 12.1 Å². The van der Waals surface area contributed by atoms with Crippen LogP contribution in [0.4, 0.5) is 0 Å². The van der Waals surface area contributed by atoms with Crippen LogP contribution in [0.1, 0.15) is 11.8 Å². The molecule has 2 heterocycles. The van der Waals surface area contributed by atoms with Gasteiger partial charge < -0.3 is 10.1 Å². The number of pyridine rings is 1. The first-order valence-electron chi connectivity index (χ1n) is 4.30. The molecule has 3 nitrogen and oxygen atoms in total. The summed E-state index contributed by atoms with van der Waals surface area (Å²) in [5.74, 6) is 0. The van der Waals surface area contributed by atoms with E-state index >= 15 is 0 Å². The summed E-state index contributed by atoms with van der Waals surface area (Å²) < 4.78 is 5.54. The Morgan fingerprint density at radius 3 is 2.93 bits per heavy atom. The zero-order valence-electron chi connectivity index (χ0n) is 7.57. The Labute approximate surface area is 94.2 Å². The normalized spacial score (nSPS) is 21.4. The molecule has 1 aliphatic rings. The van der Waals surface area contributed by atoms with E-state index in [4.69, 9.17) is 16.3 Å². The fraction of sp³-hybridized carbons (Fsp3) is 0.444. The molecule has 1 fully saturated rings. The summed E-state index contributed by atoms with van der Waals surface area (Å²) in [6.07, 6.45) is 1.72. The molecule has 0 saturated carbocycles. The first-order chi connectivity index (χ1) is 6.36. The zero-order valence-corrected chi connectivity index (χ0v) is 9.14. The van der Waals surface area contributed by atoms with Crippen LogP contribution in [-0.2, 0) is 4.74 Å². The van der Waals surface area contributed by atoms with Gasteiger partial charge in [0.1, 0.15) is 6.10 Å². The topological polar surface area (TPSA) is 34.1 Å². The lowest BCUT2D eigenvalue weighted by Crippen LogP contribution is -2.33. The molecule has 14 heavy (non-hydrogen) atoms. The first-order valence-corrected chi connectivity index (χ1v) is 4.68. The molecule has 1 unspecified atom stereocenters. The summed E-state index contributed by atoms with van der Waals surface area (Å²) in [7, 11) is 0. The summed E-state index contributed by atoms with van der Waals surface area (Å²) in [5.41, 5.74) is 0.941. The van der Waals surface area contributed by atoms with Crippen molar-refractivity contribution in [3.8, 4) is 0 Å². The van der Waals surface area contributed by atoms with E-state index in [-0.39, 0.29) is 18.5 Å². The average molecular weight is 235 g/mol. The molecule has 1 aliphatic heterocycles. The molecule has 0 spiro atoms. The predicted octanol–water partition coefficient (Wildman–Crippen LogP) is 1.82. The van der Waals surface area contributed by atoms with Gasteiger partial charge in [-0.3, -0.25) is 4.98 Å². The Morgan fingerprint density at radius 2 is 2.36 bits per heavy atom. The van der Waals surface area contributed by atoms with Gasteiger partial charge in [-0.05, 0) is 12.1 Å². The molecule has 0 aliphatic carbocycles. The molecule has 1 saturated heterocycles. The van der Waals surface area contributed by atoms with Gasteiger partial charge >= 0.3 is 0 Å². The average Bonchev–Trinajstić information content (AvgIpc) is 2.20. The molecular formula is C9H12Cl2N2O. The van der Waals surface area contributed by atoms with Crippen LogP contribution in [0, 0.1) is 0 Å². The van der Waals surface area contributed by atoms with Gasteiger partial charge in [0.25, 0.3) is 0 Å². The minimum atomic E-state index is 0. The van der Waals surface area contributed by atoms with Gasteiger partial charge in [-0.2, -0.15) is 0 Å². The van der Waals surface area contributed by atoms with Gasteiger partial charge in [-0.25, -0.2) is 0 Å². The summed E-state index contributed by atoms with van der Waals surface area (Å²) in [6, 6.07) is 3.74. The highest BCUT2D eigenvalue weighted by atomic mass is 35.5. The number of morpholine rings is 1. The lowest BCUT2D eigenvalue weighted by molar-refractivity contribution is 0.0250. The van der Waals surface area contributed by atoms with Crippen LogP contribution in [-0.4, -0.2) is 24.7 Å². The van der Waals surface area contributed by atoms with Gasteiger partial charge in [0.15, 0.2) is 0 Å². The molecule has 0 amide bonds. The van der Waals surface area contributed by atoms with E-state index in [1.54, 1.807) is 6.20 Å². The summed E-state index contributed by atoms with van der Waals surface area (Å²) >= 11 is 5.73. The van der Waals surface area contributed by atoms with Crippen LogP contribution in [0.25, 0.3) is 0 Å². The minimum Gasteiger partial charge on any atom is -0.369 e. The molecule has 0 radical (unpaired) electrons. The Hall–Kier alpha value is -0.350. The van der Waals surface area contributed by atoms with Gasteiger partial charge in [0, 0.05) is 19.3 Å². The second-order valence-electron chi connectivity index (χ2n) is 2.96. The van der Waals surface area contributed by atoms with Crippen molar-refractivity contribution < 1.29 is 4.74 Å². The molecule has 78 valence electrons. The van der Waals surface area contributed by atoms with Crippen molar-refractivity contribution in [2.45, 2.75) is 6.10 Å². The van der Waals surface area contributed by atoms with Crippen LogP contribution in [0.3, 0.4) is 0 Å². The maximum Gasteiger partial charge on any atom is 0.112 e. The van der Waals surface area contributed by atoms with Crippen LogP contribution in [0.2, 0.25) is 5.02 Å². The van der Waals surface area contributed by atoms with Gasteiger partial charge in [0.05, 0.1) is 17.3 Å². The molecule has 1 atom stereocenters. The van der Waals surface area contributed by atoms with Gasteiger partial charge in [-0.15, -0.1) is 12.4 Å². The highest BCUT2D eigenvalue weighted by Gasteiger charge is 2.16. The van der Waals surface area contributed by atoms with Crippen molar-refractivity contribution >= 4 is 24.0 Å². The zero-order chi connectivity index (χ0) is 9.10. The lowest BCUT2D eigenvalue weighted by Gasteiger charge is -2.22. The van der Waals surface area contributed by atoms with E-state index in [2.05, 4.69) is 10.3 Å². The fourth-order valence-electron chi connectivity index (χ4n) is 1.33. The lowest BCUT2D eigenvalue weighted by atomic mass is 10.2. The Kier molecular flexibility index (Phi) is 4.62. The van der Waals surface area contributed by atoms with Crippen molar-refractivity contribution in [1.29, 1.82) is 0 Å².